The lowest BCUT2D eigenvalue weighted by Gasteiger charge is -2.25. The van der Waals surface area contributed by atoms with Crippen molar-refractivity contribution in [1.82, 2.24) is 10.2 Å². The summed E-state index contributed by atoms with van der Waals surface area (Å²) in [5.41, 5.74) is 1.71. The predicted octanol–water partition coefficient (Wildman–Crippen LogP) is 4.61. The summed E-state index contributed by atoms with van der Waals surface area (Å²) in [5.74, 6) is -2.62. The molecule has 1 atom stereocenters. The summed E-state index contributed by atoms with van der Waals surface area (Å²) in [6, 6.07) is 9.92. The first-order chi connectivity index (χ1) is 15.9. The molecule has 0 saturated heterocycles. The number of aryl methyl sites for hydroxylation is 1. The number of aliphatic hydroxyl groups excluding tert-OH is 1. The van der Waals surface area contributed by atoms with Crippen LogP contribution in [0, 0.1) is 6.92 Å². The highest BCUT2D eigenvalue weighted by atomic mass is 32.1. The zero-order chi connectivity index (χ0) is 25.2. The molecular formula is C24H25N3O6S. The van der Waals surface area contributed by atoms with Crippen LogP contribution in [0.2, 0.25) is 0 Å². The number of aromatic nitrogens is 2. The molecule has 34 heavy (non-hydrogen) atoms. The summed E-state index contributed by atoms with van der Waals surface area (Å²) in [7, 11) is 0. The molecule has 1 amide bonds. The van der Waals surface area contributed by atoms with Crippen molar-refractivity contribution in [3.8, 4) is 0 Å². The van der Waals surface area contributed by atoms with Crippen LogP contribution in [-0.2, 0) is 15.0 Å². The molecule has 1 unspecified atom stereocenters. The molecule has 0 radical (unpaired) electrons. The minimum Gasteiger partial charge on any atom is -0.503 e. The lowest BCUT2D eigenvalue weighted by atomic mass is 9.85. The Bertz CT molecular complexity index is 1230. The fourth-order valence-corrected chi connectivity index (χ4v) is 4.15. The van der Waals surface area contributed by atoms with E-state index in [1.165, 1.54) is 28.6 Å². The van der Waals surface area contributed by atoms with E-state index >= 15 is 0 Å². The average molecular weight is 484 g/mol. The van der Waals surface area contributed by atoms with Crippen LogP contribution in [0.5, 0.6) is 0 Å². The van der Waals surface area contributed by atoms with Gasteiger partial charge < -0.3 is 14.6 Å². The predicted molar refractivity (Wildman–Crippen MR) is 126 cm³/mol. The van der Waals surface area contributed by atoms with Crippen molar-refractivity contribution in [2.45, 2.75) is 46.1 Å². The fourth-order valence-electron chi connectivity index (χ4n) is 3.44. The fraction of sp³-hybridized carbons (Fsp3) is 0.292. The molecule has 2 aromatic heterocycles. The Morgan fingerprint density at radius 1 is 1.12 bits per heavy atom. The number of carboxylic acid groups (broad SMARTS) is 1. The molecule has 178 valence electrons. The number of carbonyl (C=O) groups excluding carboxylic acids is 2. The second-order valence-electron chi connectivity index (χ2n) is 8.64. The zero-order valence-corrected chi connectivity index (χ0v) is 20.2. The molecule has 1 aliphatic heterocycles. The van der Waals surface area contributed by atoms with Crippen LogP contribution >= 0.6 is 11.3 Å². The van der Waals surface area contributed by atoms with E-state index in [1.807, 2.05) is 24.3 Å². The maximum atomic E-state index is 13.1. The van der Waals surface area contributed by atoms with E-state index in [-0.39, 0.29) is 16.7 Å². The molecule has 10 heteroatoms. The van der Waals surface area contributed by atoms with Gasteiger partial charge in [0.05, 0.1) is 17.9 Å². The van der Waals surface area contributed by atoms with Crippen LogP contribution in [0.25, 0.3) is 0 Å². The third-order valence-corrected chi connectivity index (χ3v) is 5.85. The van der Waals surface area contributed by atoms with E-state index in [1.54, 1.807) is 13.0 Å². The normalized spacial score (nSPS) is 15.9. The Kier molecular flexibility index (Phi) is 7.01. The minimum atomic E-state index is -0.837. The second-order valence-corrected chi connectivity index (χ2v) is 9.80. The van der Waals surface area contributed by atoms with Gasteiger partial charge in [0, 0.05) is 6.92 Å². The van der Waals surface area contributed by atoms with Crippen molar-refractivity contribution in [3.63, 3.8) is 0 Å². The maximum absolute atomic E-state index is 13.1. The van der Waals surface area contributed by atoms with Gasteiger partial charge in [-0.05, 0) is 35.6 Å². The van der Waals surface area contributed by atoms with E-state index < -0.39 is 29.5 Å². The summed E-state index contributed by atoms with van der Waals surface area (Å²) in [6.45, 7) is 9.18. The van der Waals surface area contributed by atoms with Crippen LogP contribution in [0.1, 0.15) is 60.4 Å². The number of carbonyl (C=O) groups is 3. The number of Topliss-reactive ketones (excluding diaryl/α,β-unsaturated/α-hetero) is 1. The van der Waals surface area contributed by atoms with Crippen molar-refractivity contribution < 1.29 is 29.0 Å². The highest BCUT2D eigenvalue weighted by molar-refractivity contribution is 7.15. The van der Waals surface area contributed by atoms with Gasteiger partial charge in [-0.15, -0.1) is 10.2 Å². The largest absolute Gasteiger partial charge is 0.503 e. The topological polar surface area (TPSA) is 134 Å². The molecule has 3 aromatic rings. The Labute approximate surface area is 200 Å². The number of nitrogens with zero attached hydrogens (tertiary/aromatic N) is 3. The van der Waals surface area contributed by atoms with Crippen molar-refractivity contribution in [2.75, 3.05) is 4.90 Å². The van der Waals surface area contributed by atoms with Gasteiger partial charge in [-0.3, -0.25) is 19.3 Å². The van der Waals surface area contributed by atoms with Gasteiger partial charge >= 0.3 is 0 Å². The number of amides is 1. The van der Waals surface area contributed by atoms with Crippen molar-refractivity contribution >= 4 is 34.1 Å². The molecule has 0 bridgehead atoms. The first-order valence-electron chi connectivity index (χ1n) is 10.4. The van der Waals surface area contributed by atoms with Gasteiger partial charge in [0.1, 0.15) is 5.01 Å². The van der Waals surface area contributed by atoms with Crippen molar-refractivity contribution in [3.05, 3.63) is 75.9 Å². The molecule has 3 heterocycles. The summed E-state index contributed by atoms with van der Waals surface area (Å²) in [6.07, 6.45) is 1.38. The van der Waals surface area contributed by atoms with Gasteiger partial charge in [-0.2, -0.15) is 0 Å². The summed E-state index contributed by atoms with van der Waals surface area (Å²) < 4.78 is 5.23. The molecular weight excluding hydrogens is 458 g/mol. The van der Waals surface area contributed by atoms with Crippen LogP contribution in [0.4, 0.5) is 5.13 Å². The maximum Gasteiger partial charge on any atom is 0.300 e. The lowest BCUT2D eigenvalue weighted by Crippen LogP contribution is -2.31. The zero-order valence-electron chi connectivity index (χ0n) is 19.4. The van der Waals surface area contributed by atoms with Crippen LogP contribution in [-0.4, -0.2) is 38.1 Å². The van der Waals surface area contributed by atoms with E-state index in [0.29, 0.717) is 15.7 Å². The first kappa shape index (κ1) is 24.8. The number of hydrogen-bond donors (Lipinski definition) is 2. The van der Waals surface area contributed by atoms with Gasteiger partial charge in [-0.1, -0.05) is 56.4 Å². The van der Waals surface area contributed by atoms with E-state index in [2.05, 4.69) is 31.0 Å². The number of benzene rings is 1. The Morgan fingerprint density at radius 2 is 1.74 bits per heavy atom. The molecule has 0 spiro atoms. The van der Waals surface area contributed by atoms with Crippen molar-refractivity contribution in [2.24, 2.45) is 0 Å². The molecule has 0 aliphatic carbocycles. The first-order valence-corrected chi connectivity index (χ1v) is 11.2. The molecule has 4 rings (SSSR count). The minimum absolute atomic E-state index is 0.0358. The molecule has 1 aromatic carbocycles. The van der Waals surface area contributed by atoms with E-state index in [4.69, 9.17) is 14.3 Å². The number of aliphatic carboxylic acids is 1. The third kappa shape index (κ3) is 5.07. The number of rotatable bonds is 4. The van der Waals surface area contributed by atoms with Crippen LogP contribution < -0.4 is 4.90 Å². The quantitative estimate of drug-likeness (QED) is 0.514. The monoisotopic (exact) mass is 483 g/mol. The number of furan rings is 1. The van der Waals surface area contributed by atoms with E-state index in [9.17, 15) is 14.7 Å². The highest BCUT2D eigenvalue weighted by Crippen LogP contribution is 2.43. The summed E-state index contributed by atoms with van der Waals surface area (Å²) in [5, 5.41) is 27.1. The SMILES string of the molecule is CC(=O)O.Cc1nnc(N2C(=O)C(O)=C(C(=O)c3ccco3)C2c2ccc(C(C)(C)C)cc2)s1. The Morgan fingerprint density at radius 3 is 2.21 bits per heavy atom. The highest BCUT2D eigenvalue weighted by Gasteiger charge is 2.46. The molecule has 2 N–H and O–H groups in total. The van der Waals surface area contributed by atoms with Gasteiger partial charge in [0.15, 0.2) is 11.5 Å². The lowest BCUT2D eigenvalue weighted by molar-refractivity contribution is -0.134. The standard InChI is InChI=1S/C22H21N3O4S.C2H4O2/c1-12-23-24-21(30-12)25-17(13-7-9-14(10-8-13)22(2,3)4)16(19(27)20(25)28)18(26)15-6-5-11-29-15;1-2(3)4/h5-11,17,27H,1-4H3;1H3,(H,3,4). The second kappa shape index (κ2) is 9.60. The number of anilines is 1. The molecule has 1 aliphatic rings. The molecule has 0 fully saturated rings. The molecule has 0 saturated carbocycles. The number of hydrogen-bond acceptors (Lipinski definition) is 8. The summed E-state index contributed by atoms with van der Waals surface area (Å²) >= 11 is 1.22. The van der Waals surface area contributed by atoms with Gasteiger partial charge in [-0.25, -0.2) is 0 Å². The number of ketones is 1. The molecule has 9 nitrogen and oxygen atoms in total. The van der Waals surface area contributed by atoms with Gasteiger partial charge in [0.2, 0.25) is 10.9 Å². The average Bonchev–Trinajstić information content (AvgIpc) is 3.48. The number of aliphatic hydroxyl groups is 1. The third-order valence-electron chi connectivity index (χ3n) is 5.01. The van der Waals surface area contributed by atoms with E-state index in [0.717, 1.165) is 12.5 Å². The van der Waals surface area contributed by atoms with Crippen LogP contribution in [0.3, 0.4) is 0 Å². The Hall–Kier alpha value is -3.79. The van der Waals surface area contributed by atoms with Gasteiger partial charge in [0.25, 0.3) is 11.9 Å². The van der Waals surface area contributed by atoms with Crippen LogP contribution in [0.15, 0.2) is 58.4 Å². The smallest absolute Gasteiger partial charge is 0.300 e. The number of carboxylic acids is 1. The Balaban J connectivity index is 0.000000751. The summed E-state index contributed by atoms with van der Waals surface area (Å²) in [4.78, 5) is 36.4. The van der Waals surface area contributed by atoms with Crippen molar-refractivity contribution in [1.29, 1.82) is 0 Å².